The second kappa shape index (κ2) is 10.3. The molecule has 1 aromatic rings. The lowest BCUT2D eigenvalue weighted by atomic mass is 10.3. The van der Waals surface area contributed by atoms with E-state index in [9.17, 15) is 0 Å². The first kappa shape index (κ1) is 14.7. The lowest BCUT2D eigenvalue weighted by Gasteiger charge is -2.20. The zero-order chi connectivity index (χ0) is 10.8. The number of hydrogen-bond acceptors (Lipinski definition) is 1. The van der Waals surface area contributed by atoms with Gasteiger partial charge in [-0.25, -0.2) is 0 Å². The van der Waals surface area contributed by atoms with Crippen molar-refractivity contribution < 1.29 is 0 Å². The van der Waals surface area contributed by atoms with Gasteiger partial charge >= 0.3 is 16.0 Å². The first-order valence-electron chi connectivity index (χ1n) is 4.63. The topological polar surface area (TPSA) is 3.24 Å². The Hall–Kier alpha value is 0.746. The van der Waals surface area contributed by atoms with Crippen molar-refractivity contribution in [2.24, 2.45) is 0 Å². The summed E-state index contributed by atoms with van der Waals surface area (Å²) in [6.45, 7) is 6.47. The average Bonchev–Trinajstić information content (AvgIpc) is 2.22. The van der Waals surface area contributed by atoms with E-state index in [0.29, 0.717) is 0 Å². The molecule has 0 spiro atoms. The predicted molar refractivity (Wildman–Crippen MR) is 72.4 cm³/mol. The fourth-order valence-electron chi connectivity index (χ4n) is 1.18. The summed E-state index contributed by atoms with van der Waals surface area (Å²) >= 11 is 6.44. The lowest BCUT2D eigenvalue weighted by Crippen LogP contribution is -2.21. The minimum atomic E-state index is 0.0417. The Morgan fingerprint density at radius 3 is 2.00 bits per heavy atom. The Kier molecular flexibility index (Phi) is 10.8. The summed E-state index contributed by atoms with van der Waals surface area (Å²) in [6, 6.07) is 11.1. The van der Waals surface area contributed by atoms with Crippen LogP contribution in [0.15, 0.2) is 24.3 Å². The molecule has 0 saturated carbocycles. The van der Waals surface area contributed by atoms with Crippen LogP contribution in [0.5, 0.6) is 0 Å². The SMILES string of the molecule is CCN(CC)c1cc[c]cc1.[Br][Mg][Br]. The quantitative estimate of drug-likeness (QED) is 0.764. The summed E-state index contributed by atoms with van der Waals surface area (Å²) in [4.78, 5) is 2.31. The fraction of sp³-hybridized carbons (Fsp3) is 0.400. The molecule has 0 saturated heterocycles. The Labute approximate surface area is 109 Å². The van der Waals surface area contributed by atoms with E-state index >= 15 is 0 Å². The summed E-state index contributed by atoms with van der Waals surface area (Å²) in [5.74, 6) is 0. The van der Waals surface area contributed by atoms with Crippen molar-refractivity contribution in [2.75, 3.05) is 18.0 Å². The van der Waals surface area contributed by atoms with Gasteiger partial charge in [-0.2, -0.15) is 0 Å². The Morgan fingerprint density at radius 2 is 1.64 bits per heavy atom. The van der Waals surface area contributed by atoms with Crippen molar-refractivity contribution >= 4 is 47.5 Å². The molecule has 14 heavy (non-hydrogen) atoms. The molecule has 0 fully saturated rings. The van der Waals surface area contributed by atoms with Crippen LogP contribution in [0.1, 0.15) is 13.8 Å². The number of rotatable bonds is 3. The van der Waals surface area contributed by atoms with E-state index in [1.807, 2.05) is 12.1 Å². The summed E-state index contributed by atoms with van der Waals surface area (Å²) in [5, 5.41) is 0. The third-order valence-corrected chi connectivity index (χ3v) is 1.83. The van der Waals surface area contributed by atoms with E-state index in [4.69, 9.17) is 0 Å². The maximum Gasteiger partial charge on any atom is 0.560 e. The van der Waals surface area contributed by atoms with Crippen LogP contribution in [0.2, 0.25) is 0 Å². The minimum absolute atomic E-state index is 0.0417. The summed E-state index contributed by atoms with van der Waals surface area (Å²) < 4.78 is 0. The number of hydrogen-bond donors (Lipinski definition) is 0. The Morgan fingerprint density at radius 1 is 1.21 bits per heavy atom. The van der Waals surface area contributed by atoms with E-state index in [0.717, 1.165) is 13.1 Å². The van der Waals surface area contributed by atoms with E-state index < -0.39 is 0 Å². The molecule has 1 radical (unpaired) electrons. The molecule has 4 heteroatoms. The molecule has 0 aliphatic carbocycles. The highest BCUT2D eigenvalue weighted by Crippen LogP contribution is 2.11. The third kappa shape index (κ3) is 6.27. The van der Waals surface area contributed by atoms with Crippen molar-refractivity contribution in [3.63, 3.8) is 0 Å². The molecule has 1 rings (SSSR count). The van der Waals surface area contributed by atoms with Crippen LogP contribution >= 0.6 is 25.8 Å². The smallest absolute Gasteiger partial charge is 0.372 e. The van der Waals surface area contributed by atoms with Gasteiger partial charge in [-0.05, 0) is 32.0 Å². The van der Waals surface area contributed by atoms with Gasteiger partial charge in [-0.3, -0.25) is 25.8 Å². The molecule has 0 aliphatic rings. The molecule has 1 aromatic carbocycles. The van der Waals surface area contributed by atoms with Gasteiger partial charge in [-0.1, -0.05) is 12.1 Å². The summed E-state index contributed by atoms with van der Waals surface area (Å²) in [5.41, 5.74) is 1.29. The zero-order valence-corrected chi connectivity index (χ0v) is 13.2. The van der Waals surface area contributed by atoms with Gasteiger partial charge in [-0.15, -0.1) is 0 Å². The third-order valence-electron chi connectivity index (χ3n) is 1.83. The first-order chi connectivity index (χ1) is 6.79. The van der Waals surface area contributed by atoms with Gasteiger partial charge < -0.3 is 4.90 Å². The number of nitrogens with zero attached hydrogens (tertiary/aromatic N) is 1. The van der Waals surface area contributed by atoms with Crippen LogP contribution in [0, 0.1) is 6.07 Å². The van der Waals surface area contributed by atoms with Crippen LogP contribution in [-0.4, -0.2) is 29.1 Å². The molecule has 0 aliphatic heterocycles. The molecular weight excluding hydrogens is 318 g/mol. The largest absolute Gasteiger partial charge is 0.560 e. The van der Waals surface area contributed by atoms with Gasteiger partial charge in [0.1, 0.15) is 0 Å². The van der Waals surface area contributed by atoms with E-state index in [1.54, 1.807) is 0 Å². The van der Waals surface area contributed by atoms with Crippen molar-refractivity contribution in [2.45, 2.75) is 13.8 Å². The van der Waals surface area contributed by atoms with Crippen molar-refractivity contribution in [3.8, 4) is 0 Å². The molecule has 0 aromatic heterocycles. The highest BCUT2D eigenvalue weighted by atomic mass is 79.9. The van der Waals surface area contributed by atoms with Gasteiger partial charge in [0, 0.05) is 18.8 Å². The van der Waals surface area contributed by atoms with Crippen LogP contribution < -0.4 is 4.90 Å². The number of anilines is 1. The van der Waals surface area contributed by atoms with Gasteiger partial charge in [0.05, 0.1) is 0 Å². The molecule has 75 valence electrons. The molecule has 1 nitrogen and oxygen atoms in total. The second-order valence-electron chi connectivity index (χ2n) is 2.53. The van der Waals surface area contributed by atoms with Crippen LogP contribution in [0.3, 0.4) is 0 Å². The highest BCUT2D eigenvalue weighted by Gasteiger charge is 1.97. The van der Waals surface area contributed by atoms with Gasteiger partial charge in [0.25, 0.3) is 0 Å². The minimum Gasteiger partial charge on any atom is -0.372 e. The predicted octanol–water partition coefficient (Wildman–Crippen LogP) is 3.64. The van der Waals surface area contributed by atoms with Crippen LogP contribution in [0.4, 0.5) is 5.69 Å². The fourth-order valence-corrected chi connectivity index (χ4v) is 1.18. The lowest BCUT2D eigenvalue weighted by molar-refractivity contribution is 0.866. The molecule has 0 unspecified atom stereocenters. The molecule has 0 bridgehead atoms. The summed E-state index contributed by atoms with van der Waals surface area (Å²) in [6.07, 6.45) is 0. The monoisotopic (exact) mass is 330 g/mol. The Bertz CT molecular complexity index is 215. The molecule has 0 heterocycles. The maximum absolute atomic E-state index is 3.20. The number of halogens is 2. The normalized spacial score (nSPS) is 8.29. The standard InChI is InChI=1S/C10H14N.2BrH.Mg/c1-3-11(4-2)10-8-6-5-7-9-10;;;/h6-9H,3-4H2,1-2H3;2*1H;/q;;;+2/p-2. The number of benzene rings is 1. The van der Waals surface area contributed by atoms with Gasteiger partial charge in [0.2, 0.25) is 0 Å². The zero-order valence-electron chi connectivity index (χ0n) is 8.63. The second-order valence-corrected chi connectivity index (χ2v) is 10.6. The maximum atomic E-state index is 3.20. The molecular formula is C10H14Br2MgN. The first-order valence-corrected chi connectivity index (χ1v) is 12.4. The van der Waals surface area contributed by atoms with Crippen LogP contribution in [-0.2, 0) is 0 Å². The van der Waals surface area contributed by atoms with E-state index in [-0.39, 0.29) is 16.0 Å². The van der Waals surface area contributed by atoms with Crippen molar-refractivity contribution in [3.05, 3.63) is 30.3 Å². The summed E-state index contributed by atoms with van der Waals surface area (Å²) in [7, 11) is 0. The molecule has 0 N–H and O–H groups in total. The van der Waals surface area contributed by atoms with Crippen LogP contribution in [0.25, 0.3) is 0 Å². The average molecular weight is 332 g/mol. The van der Waals surface area contributed by atoms with Crippen molar-refractivity contribution in [1.82, 2.24) is 0 Å². The highest BCUT2D eigenvalue weighted by molar-refractivity contribution is 9.47. The molecule has 0 amide bonds. The van der Waals surface area contributed by atoms with E-state index in [2.05, 4.69) is 62.7 Å². The van der Waals surface area contributed by atoms with Gasteiger partial charge in [0.15, 0.2) is 0 Å². The Balaban J connectivity index is 0.000000500. The van der Waals surface area contributed by atoms with Crippen molar-refractivity contribution in [1.29, 1.82) is 0 Å². The molecule has 0 atom stereocenters. The van der Waals surface area contributed by atoms with E-state index in [1.165, 1.54) is 5.69 Å².